The van der Waals surface area contributed by atoms with Crippen LogP contribution in [0.2, 0.25) is 0 Å². The summed E-state index contributed by atoms with van der Waals surface area (Å²) in [6.45, 7) is 3.78. The minimum absolute atomic E-state index is 0.0131. The molecule has 0 saturated carbocycles. The number of nitro groups is 1. The van der Waals surface area contributed by atoms with Gasteiger partial charge in [0.25, 0.3) is 11.6 Å². The summed E-state index contributed by atoms with van der Waals surface area (Å²) >= 11 is 3.29. The molecule has 0 fully saturated rings. The third kappa shape index (κ3) is 6.43. The van der Waals surface area contributed by atoms with Gasteiger partial charge in [-0.25, -0.2) is 5.43 Å². The first-order valence-corrected chi connectivity index (χ1v) is 12.4. The molecule has 3 aromatic carbocycles. The van der Waals surface area contributed by atoms with Gasteiger partial charge in [-0.2, -0.15) is 13.5 Å². The minimum Gasteiger partial charge on any atom is -0.490 e. The van der Waals surface area contributed by atoms with Crippen LogP contribution in [0.4, 0.5) is 5.69 Å². The van der Waals surface area contributed by atoms with Crippen molar-refractivity contribution in [3.63, 3.8) is 0 Å². The second-order valence-electron chi connectivity index (χ2n) is 7.09. The van der Waals surface area contributed by atoms with Gasteiger partial charge in [-0.05, 0) is 65.7 Å². The quantitative estimate of drug-likeness (QED) is 0.174. The Morgan fingerprint density at radius 3 is 2.51 bits per heavy atom. The second kappa shape index (κ2) is 11.1. The number of para-hydroxylation sites is 1. The number of amides is 1. The van der Waals surface area contributed by atoms with Crippen molar-refractivity contribution in [3.05, 3.63) is 91.9 Å². The van der Waals surface area contributed by atoms with Gasteiger partial charge in [-0.1, -0.05) is 29.8 Å². The van der Waals surface area contributed by atoms with Gasteiger partial charge in [0.2, 0.25) is 0 Å². The number of rotatable bonds is 9. The summed E-state index contributed by atoms with van der Waals surface area (Å²) < 4.78 is 36.7. The molecule has 182 valence electrons. The van der Waals surface area contributed by atoms with Crippen molar-refractivity contribution >= 4 is 43.9 Å². The van der Waals surface area contributed by atoms with Crippen molar-refractivity contribution < 1.29 is 27.1 Å². The molecule has 3 aromatic rings. The Labute approximate surface area is 210 Å². The zero-order valence-electron chi connectivity index (χ0n) is 18.6. The highest BCUT2D eigenvalue weighted by Gasteiger charge is 2.22. The smallest absolute Gasteiger partial charge is 0.339 e. The van der Waals surface area contributed by atoms with Crippen LogP contribution in [0.15, 0.2) is 75.1 Å². The number of benzene rings is 3. The largest absolute Gasteiger partial charge is 0.490 e. The summed E-state index contributed by atoms with van der Waals surface area (Å²) in [5, 5.41) is 14.9. The van der Waals surface area contributed by atoms with Crippen LogP contribution >= 0.6 is 15.9 Å². The maximum atomic E-state index is 12.7. The average molecular weight is 562 g/mol. The normalized spacial score (nSPS) is 11.3. The molecule has 3 rings (SSSR count). The molecule has 1 amide bonds. The molecule has 0 radical (unpaired) electrons. The van der Waals surface area contributed by atoms with E-state index in [1.807, 2.05) is 6.92 Å². The maximum absolute atomic E-state index is 12.7. The van der Waals surface area contributed by atoms with E-state index in [1.54, 1.807) is 19.1 Å². The topological polar surface area (TPSA) is 137 Å². The van der Waals surface area contributed by atoms with Crippen molar-refractivity contribution in [2.24, 2.45) is 5.10 Å². The second-order valence-corrected chi connectivity index (χ2v) is 9.49. The molecule has 35 heavy (non-hydrogen) atoms. The van der Waals surface area contributed by atoms with Crippen LogP contribution in [0.5, 0.6) is 11.5 Å². The van der Waals surface area contributed by atoms with E-state index < -0.39 is 20.9 Å². The molecule has 10 nitrogen and oxygen atoms in total. The van der Waals surface area contributed by atoms with Gasteiger partial charge in [0.15, 0.2) is 11.5 Å². The van der Waals surface area contributed by atoms with Crippen LogP contribution in [0.1, 0.15) is 28.4 Å². The lowest BCUT2D eigenvalue weighted by molar-refractivity contribution is -0.385. The van der Waals surface area contributed by atoms with Gasteiger partial charge < -0.3 is 8.92 Å². The Balaban J connectivity index is 1.84. The number of halogens is 1. The number of nitrogens with zero attached hydrogens (tertiary/aromatic N) is 2. The molecule has 0 spiro atoms. The summed E-state index contributed by atoms with van der Waals surface area (Å²) in [4.78, 5) is 22.7. The molecular formula is C23H20BrN3O7S. The van der Waals surface area contributed by atoms with Crippen molar-refractivity contribution in [2.75, 3.05) is 6.61 Å². The standard InChI is InChI=1S/C23H20BrN3O7S/c1-3-33-21-13-16(14-25-26-23(28)18-6-4-5-7-20(18)27(29)30)12-19(24)22(21)34-35(31,32)17-10-8-15(2)9-11-17/h4-14H,3H2,1-2H3,(H,26,28)/b25-14-. The van der Waals surface area contributed by atoms with E-state index in [0.717, 1.165) is 5.56 Å². The molecule has 0 aromatic heterocycles. The van der Waals surface area contributed by atoms with Crippen LogP contribution in [0.3, 0.4) is 0 Å². The van der Waals surface area contributed by atoms with E-state index in [1.165, 1.54) is 54.7 Å². The number of hydrogen-bond acceptors (Lipinski definition) is 8. The summed E-state index contributed by atoms with van der Waals surface area (Å²) in [6.07, 6.45) is 1.28. The summed E-state index contributed by atoms with van der Waals surface area (Å²) in [6, 6.07) is 14.7. The number of ether oxygens (including phenoxy) is 1. The van der Waals surface area contributed by atoms with E-state index in [0.29, 0.717) is 5.56 Å². The van der Waals surface area contributed by atoms with Crippen LogP contribution in [-0.2, 0) is 10.1 Å². The van der Waals surface area contributed by atoms with Crippen LogP contribution < -0.4 is 14.3 Å². The Bertz CT molecular complexity index is 1390. The van der Waals surface area contributed by atoms with E-state index in [2.05, 4.69) is 26.5 Å². The Kier molecular flexibility index (Phi) is 8.20. The highest BCUT2D eigenvalue weighted by atomic mass is 79.9. The molecule has 0 heterocycles. The monoisotopic (exact) mass is 561 g/mol. The molecule has 0 aliphatic heterocycles. The molecule has 12 heteroatoms. The van der Waals surface area contributed by atoms with Crippen LogP contribution in [0, 0.1) is 17.0 Å². The first-order valence-electron chi connectivity index (χ1n) is 10.2. The third-order valence-electron chi connectivity index (χ3n) is 4.56. The Hall–Kier alpha value is -3.77. The van der Waals surface area contributed by atoms with Crippen molar-refractivity contribution in [1.82, 2.24) is 5.43 Å². The number of carbonyl (C=O) groups excluding carboxylic acids is 1. The lowest BCUT2D eigenvalue weighted by Crippen LogP contribution is -2.19. The van der Waals surface area contributed by atoms with Crippen molar-refractivity contribution in [2.45, 2.75) is 18.7 Å². The zero-order chi connectivity index (χ0) is 25.6. The predicted octanol–water partition coefficient (Wildman–Crippen LogP) is 4.60. The number of nitro benzene ring substituents is 1. The number of nitrogens with one attached hydrogen (secondary N) is 1. The van der Waals surface area contributed by atoms with Crippen molar-refractivity contribution in [1.29, 1.82) is 0 Å². The number of hydrazone groups is 1. The summed E-state index contributed by atoms with van der Waals surface area (Å²) in [7, 11) is -4.13. The van der Waals surface area contributed by atoms with Gasteiger partial charge in [-0.15, -0.1) is 0 Å². The van der Waals surface area contributed by atoms with E-state index in [9.17, 15) is 23.3 Å². The first-order chi connectivity index (χ1) is 16.6. The van der Waals surface area contributed by atoms with E-state index >= 15 is 0 Å². The highest BCUT2D eigenvalue weighted by molar-refractivity contribution is 9.10. The molecule has 0 aliphatic carbocycles. The molecule has 0 unspecified atom stereocenters. The molecule has 0 bridgehead atoms. The lowest BCUT2D eigenvalue weighted by Gasteiger charge is -2.14. The molecule has 1 N–H and O–H groups in total. The fourth-order valence-corrected chi connectivity index (χ4v) is 4.52. The SMILES string of the molecule is CCOc1cc(/C=N\NC(=O)c2ccccc2[N+](=O)[O-])cc(Br)c1OS(=O)(=O)c1ccc(C)cc1. The lowest BCUT2D eigenvalue weighted by atomic mass is 10.2. The molecule has 0 aliphatic rings. The minimum atomic E-state index is -4.13. The van der Waals surface area contributed by atoms with E-state index in [4.69, 9.17) is 8.92 Å². The van der Waals surface area contributed by atoms with E-state index in [-0.39, 0.29) is 38.7 Å². The van der Waals surface area contributed by atoms with Gasteiger partial charge >= 0.3 is 10.1 Å². The van der Waals surface area contributed by atoms with Crippen LogP contribution in [-0.4, -0.2) is 32.1 Å². The Morgan fingerprint density at radius 2 is 1.86 bits per heavy atom. The summed E-state index contributed by atoms with van der Waals surface area (Å²) in [5.74, 6) is -0.681. The maximum Gasteiger partial charge on any atom is 0.339 e. The molecule has 0 saturated heterocycles. The highest BCUT2D eigenvalue weighted by Crippen LogP contribution is 2.38. The fourth-order valence-electron chi connectivity index (χ4n) is 2.92. The number of aryl methyl sites for hydroxylation is 1. The number of hydrogen-bond donors (Lipinski definition) is 1. The predicted molar refractivity (Wildman–Crippen MR) is 132 cm³/mol. The van der Waals surface area contributed by atoms with Gasteiger partial charge in [0, 0.05) is 6.07 Å². The molecular weight excluding hydrogens is 542 g/mol. The Morgan fingerprint density at radius 1 is 1.17 bits per heavy atom. The molecule has 0 atom stereocenters. The van der Waals surface area contributed by atoms with Crippen LogP contribution in [0.25, 0.3) is 0 Å². The van der Waals surface area contributed by atoms with Crippen molar-refractivity contribution in [3.8, 4) is 11.5 Å². The third-order valence-corrected chi connectivity index (χ3v) is 6.38. The summed E-state index contributed by atoms with van der Waals surface area (Å²) in [5.41, 5.74) is 3.08. The number of carbonyl (C=O) groups is 1. The first kappa shape index (κ1) is 25.8. The van der Waals surface area contributed by atoms with Gasteiger partial charge in [-0.3, -0.25) is 14.9 Å². The van der Waals surface area contributed by atoms with Gasteiger partial charge in [0.1, 0.15) is 10.5 Å². The zero-order valence-corrected chi connectivity index (χ0v) is 21.0. The average Bonchev–Trinajstić information content (AvgIpc) is 2.81. The fraction of sp³-hybridized carbons (Fsp3) is 0.130. The van der Waals surface area contributed by atoms with Gasteiger partial charge in [0.05, 0.1) is 22.2 Å².